The normalized spacial score (nSPS) is 11.3. The lowest BCUT2D eigenvalue weighted by Crippen LogP contribution is -2.03. The van der Waals surface area contributed by atoms with Crippen molar-refractivity contribution in [3.8, 4) is 0 Å². The summed E-state index contributed by atoms with van der Waals surface area (Å²) in [6.45, 7) is 2.08. The Morgan fingerprint density at radius 1 is 1.53 bits per heavy atom. The average molecular weight is 243 g/mol. The lowest BCUT2D eigenvalue weighted by Gasteiger charge is -2.01. The van der Waals surface area contributed by atoms with E-state index in [2.05, 4.69) is 12.6 Å². The lowest BCUT2D eigenvalue weighted by atomic mass is 10.2. The largest absolute Gasteiger partial charge is 0.462 e. The number of rotatable bonds is 3. The summed E-state index contributed by atoms with van der Waals surface area (Å²) in [5.74, 6) is -0.444. The van der Waals surface area contributed by atoms with E-state index in [0.29, 0.717) is 11.6 Å². The van der Waals surface area contributed by atoms with Crippen molar-refractivity contribution < 1.29 is 9.53 Å². The predicted molar refractivity (Wildman–Crippen MR) is 65.0 cm³/mol. The first kappa shape index (κ1) is 12.1. The van der Waals surface area contributed by atoms with Crippen LogP contribution in [-0.4, -0.2) is 12.6 Å². The van der Waals surface area contributed by atoms with Gasteiger partial charge >= 0.3 is 5.97 Å². The third kappa shape index (κ3) is 3.61. The number of carbonyl (C=O) groups excluding carboxylic acids is 1. The molecule has 0 aromatic heterocycles. The van der Waals surface area contributed by atoms with Crippen molar-refractivity contribution >= 4 is 36.3 Å². The molecule has 1 aromatic carbocycles. The number of halogens is 1. The Hall–Kier alpha value is -0.930. The molecule has 0 fully saturated rings. The summed E-state index contributed by atoms with van der Waals surface area (Å²) in [5.41, 5.74) is 0.747. The Balaban J connectivity index is 2.88. The summed E-state index contributed by atoms with van der Waals surface area (Å²) < 4.78 is 4.79. The van der Waals surface area contributed by atoms with Gasteiger partial charge in [0.2, 0.25) is 0 Å². The molecule has 0 heterocycles. The van der Waals surface area contributed by atoms with Gasteiger partial charge in [-0.2, -0.15) is 0 Å². The molecule has 0 atom stereocenters. The van der Waals surface area contributed by atoms with Gasteiger partial charge < -0.3 is 4.74 Å². The van der Waals surface area contributed by atoms with Gasteiger partial charge in [0.15, 0.2) is 0 Å². The van der Waals surface area contributed by atoms with Crippen LogP contribution in [0.5, 0.6) is 0 Å². The highest BCUT2D eigenvalue weighted by Crippen LogP contribution is 2.19. The van der Waals surface area contributed by atoms with Crippen molar-refractivity contribution in [2.24, 2.45) is 0 Å². The van der Waals surface area contributed by atoms with Gasteiger partial charge in [-0.25, -0.2) is 4.79 Å². The molecule has 15 heavy (non-hydrogen) atoms. The zero-order valence-electron chi connectivity index (χ0n) is 8.24. The molecule has 0 aliphatic heterocycles. The molecular formula is C11H11ClO2S. The molecule has 4 heteroatoms. The summed E-state index contributed by atoms with van der Waals surface area (Å²) in [7, 11) is 0. The summed E-state index contributed by atoms with van der Waals surface area (Å²) in [4.78, 5) is 11.5. The van der Waals surface area contributed by atoms with Gasteiger partial charge in [-0.15, -0.1) is 12.6 Å². The zero-order chi connectivity index (χ0) is 11.3. The van der Waals surface area contributed by atoms with E-state index in [0.717, 1.165) is 5.56 Å². The summed E-state index contributed by atoms with van der Waals surface area (Å²) in [6.07, 6.45) is 1.59. The molecule has 0 N–H and O–H groups in total. The number of benzene rings is 1. The van der Waals surface area contributed by atoms with Crippen LogP contribution in [-0.2, 0) is 9.53 Å². The second-order valence-electron chi connectivity index (χ2n) is 2.77. The van der Waals surface area contributed by atoms with Crippen LogP contribution in [0.15, 0.2) is 29.2 Å². The summed E-state index contributed by atoms with van der Waals surface area (Å²) in [5, 5.41) is 0.577. The fraction of sp³-hybridized carbons (Fsp3) is 0.182. The van der Waals surface area contributed by atoms with E-state index >= 15 is 0 Å². The minimum Gasteiger partial charge on any atom is -0.462 e. The molecule has 80 valence electrons. The van der Waals surface area contributed by atoms with Gasteiger partial charge in [0.05, 0.1) is 11.5 Å². The van der Waals surface area contributed by atoms with Crippen molar-refractivity contribution in [3.63, 3.8) is 0 Å². The fourth-order valence-electron chi connectivity index (χ4n) is 1.00. The maximum Gasteiger partial charge on any atom is 0.344 e. The van der Waals surface area contributed by atoms with Crippen LogP contribution in [0.3, 0.4) is 0 Å². The van der Waals surface area contributed by atoms with E-state index in [4.69, 9.17) is 16.3 Å². The molecule has 1 aromatic rings. The molecule has 0 aliphatic rings. The van der Waals surface area contributed by atoms with E-state index in [9.17, 15) is 4.79 Å². The van der Waals surface area contributed by atoms with Gasteiger partial charge in [-0.3, -0.25) is 0 Å². The summed E-state index contributed by atoms with van der Waals surface area (Å²) >= 11 is 9.97. The molecule has 0 saturated heterocycles. The van der Waals surface area contributed by atoms with Crippen molar-refractivity contribution in [1.82, 2.24) is 0 Å². The number of esters is 1. The van der Waals surface area contributed by atoms with E-state index in [1.54, 1.807) is 25.1 Å². The van der Waals surface area contributed by atoms with Gasteiger partial charge in [0.1, 0.15) is 0 Å². The maximum atomic E-state index is 11.2. The quantitative estimate of drug-likeness (QED) is 0.501. The van der Waals surface area contributed by atoms with Crippen LogP contribution >= 0.6 is 24.2 Å². The monoisotopic (exact) mass is 242 g/mol. The Labute approximate surface area is 99.3 Å². The number of thiol groups is 1. The standard InChI is InChI=1S/C11H11ClO2S/c1-2-14-11(13)10(15)7-8-5-3-4-6-9(8)12/h3-7,15H,2H2,1H3/b10-7-. The highest BCUT2D eigenvalue weighted by molar-refractivity contribution is 7.85. The Bertz CT molecular complexity index is 388. The van der Waals surface area contributed by atoms with Crippen LogP contribution in [0.25, 0.3) is 6.08 Å². The molecule has 0 unspecified atom stereocenters. The summed E-state index contributed by atoms with van der Waals surface area (Å²) in [6, 6.07) is 7.21. The van der Waals surface area contributed by atoms with E-state index in [-0.39, 0.29) is 4.91 Å². The minimum atomic E-state index is -0.444. The van der Waals surface area contributed by atoms with Gasteiger partial charge in [0.25, 0.3) is 0 Å². The van der Waals surface area contributed by atoms with Gasteiger partial charge in [-0.1, -0.05) is 29.8 Å². The molecular weight excluding hydrogens is 232 g/mol. The molecule has 1 rings (SSSR count). The predicted octanol–water partition coefficient (Wildman–Crippen LogP) is 3.17. The molecule has 0 amide bonds. The average Bonchev–Trinajstić information content (AvgIpc) is 2.21. The van der Waals surface area contributed by atoms with Crippen LogP contribution < -0.4 is 0 Å². The molecule has 0 spiro atoms. The SMILES string of the molecule is CCOC(=O)/C(S)=C/c1ccccc1Cl. The van der Waals surface area contributed by atoms with Crippen LogP contribution in [0.4, 0.5) is 0 Å². The van der Waals surface area contributed by atoms with Gasteiger partial charge in [0, 0.05) is 5.02 Å². The zero-order valence-corrected chi connectivity index (χ0v) is 9.89. The number of hydrogen-bond donors (Lipinski definition) is 1. The second kappa shape index (κ2) is 5.83. The first-order valence-corrected chi connectivity index (χ1v) is 5.30. The van der Waals surface area contributed by atoms with E-state index < -0.39 is 5.97 Å². The van der Waals surface area contributed by atoms with Gasteiger partial charge in [-0.05, 0) is 24.6 Å². The second-order valence-corrected chi connectivity index (χ2v) is 3.66. The topological polar surface area (TPSA) is 26.3 Å². The van der Waals surface area contributed by atoms with Crippen LogP contribution in [0, 0.1) is 0 Å². The third-order valence-electron chi connectivity index (χ3n) is 1.68. The smallest absolute Gasteiger partial charge is 0.344 e. The fourth-order valence-corrected chi connectivity index (χ4v) is 1.40. The molecule has 2 nitrogen and oxygen atoms in total. The number of hydrogen-bond acceptors (Lipinski definition) is 3. The van der Waals surface area contributed by atoms with Crippen molar-refractivity contribution in [1.29, 1.82) is 0 Å². The Morgan fingerprint density at radius 3 is 2.80 bits per heavy atom. The minimum absolute atomic E-state index is 0.241. The third-order valence-corrected chi connectivity index (χ3v) is 2.34. The first-order valence-electron chi connectivity index (χ1n) is 4.47. The highest BCUT2D eigenvalue weighted by atomic mass is 35.5. The van der Waals surface area contributed by atoms with Crippen molar-refractivity contribution in [3.05, 3.63) is 39.8 Å². The highest BCUT2D eigenvalue weighted by Gasteiger charge is 2.06. The number of carbonyl (C=O) groups is 1. The lowest BCUT2D eigenvalue weighted by molar-refractivity contribution is -0.137. The Kier molecular flexibility index (Phi) is 4.72. The first-order chi connectivity index (χ1) is 7.15. The molecule has 0 aliphatic carbocycles. The molecule has 0 radical (unpaired) electrons. The molecule has 0 bridgehead atoms. The molecule has 0 saturated carbocycles. The van der Waals surface area contributed by atoms with Crippen molar-refractivity contribution in [2.75, 3.05) is 6.61 Å². The number of ether oxygens (including phenoxy) is 1. The van der Waals surface area contributed by atoms with Crippen LogP contribution in [0.2, 0.25) is 5.02 Å². The van der Waals surface area contributed by atoms with Crippen molar-refractivity contribution in [2.45, 2.75) is 6.92 Å². The van der Waals surface area contributed by atoms with E-state index in [1.807, 2.05) is 12.1 Å². The van der Waals surface area contributed by atoms with E-state index in [1.165, 1.54) is 0 Å². The van der Waals surface area contributed by atoms with Crippen LogP contribution in [0.1, 0.15) is 12.5 Å². The Morgan fingerprint density at radius 2 is 2.20 bits per heavy atom. The maximum absolute atomic E-state index is 11.2.